The molecule has 1 heterocycles. The number of hydrogen-bond donors (Lipinski definition) is 0. The molecule has 0 atom stereocenters. The molecule has 0 amide bonds. The highest BCUT2D eigenvalue weighted by Gasteiger charge is 2.13. The van der Waals surface area contributed by atoms with Gasteiger partial charge in [-0.05, 0) is 32.9 Å². The Labute approximate surface area is 113 Å². The number of imidazole rings is 1. The van der Waals surface area contributed by atoms with E-state index in [9.17, 15) is 4.79 Å². The summed E-state index contributed by atoms with van der Waals surface area (Å²) < 4.78 is 7.35. The quantitative estimate of drug-likeness (QED) is 0.775. The standard InChI is InChI=1S/C15H18N2O2/c1-4-19-15-8-6-5-7-13(15)14(18)9-17-10-16-11(2)12(17)3/h5-8,10H,4,9H2,1-3H3. The Hall–Kier alpha value is -2.10. The van der Waals surface area contributed by atoms with Gasteiger partial charge >= 0.3 is 0 Å². The number of Topliss-reactive ketones (excluding diaryl/α,β-unsaturated/α-hetero) is 1. The van der Waals surface area contributed by atoms with Crippen LogP contribution in [0.25, 0.3) is 0 Å². The number of aryl methyl sites for hydroxylation is 1. The third kappa shape index (κ3) is 2.84. The number of hydrogen-bond acceptors (Lipinski definition) is 3. The van der Waals surface area contributed by atoms with Crippen LogP contribution in [0.3, 0.4) is 0 Å². The maximum Gasteiger partial charge on any atom is 0.186 e. The van der Waals surface area contributed by atoms with Gasteiger partial charge in [0.15, 0.2) is 5.78 Å². The number of carbonyl (C=O) groups excluding carboxylic acids is 1. The van der Waals surface area contributed by atoms with E-state index in [0.29, 0.717) is 17.9 Å². The van der Waals surface area contributed by atoms with Crippen LogP contribution < -0.4 is 4.74 Å². The third-order valence-corrected chi connectivity index (χ3v) is 3.15. The van der Waals surface area contributed by atoms with Gasteiger partial charge in [-0.2, -0.15) is 0 Å². The molecule has 0 radical (unpaired) electrons. The third-order valence-electron chi connectivity index (χ3n) is 3.15. The van der Waals surface area contributed by atoms with E-state index >= 15 is 0 Å². The van der Waals surface area contributed by atoms with E-state index in [0.717, 1.165) is 11.4 Å². The molecule has 0 N–H and O–H groups in total. The molecule has 0 saturated carbocycles. The number of para-hydroxylation sites is 1. The second kappa shape index (κ2) is 5.69. The Balaban J connectivity index is 2.23. The van der Waals surface area contributed by atoms with Crippen molar-refractivity contribution in [3.05, 3.63) is 47.5 Å². The summed E-state index contributed by atoms with van der Waals surface area (Å²) in [5, 5.41) is 0. The lowest BCUT2D eigenvalue weighted by atomic mass is 10.1. The molecule has 2 rings (SSSR count). The molecule has 0 saturated heterocycles. The summed E-state index contributed by atoms with van der Waals surface area (Å²) in [4.78, 5) is 16.5. The predicted octanol–water partition coefficient (Wildman–Crippen LogP) is 2.78. The smallest absolute Gasteiger partial charge is 0.186 e. The lowest BCUT2D eigenvalue weighted by Gasteiger charge is -2.10. The van der Waals surface area contributed by atoms with Gasteiger partial charge < -0.3 is 9.30 Å². The summed E-state index contributed by atoms with van der Waals surface area (Å²) in [5.74, 6) is 0.675. The number of carbonyl (C=O) groups is 1. The number of ether oxygens (including phenoxy) is 1. The molecule has 100 valence electrons. The zero-order chi connectivity index (χ0) is 13.8. The normalized spacial score (nSPS) is 10.5. The van der Waals surface area contributed by atoms with E-state index in [-0.39, 0.29) is 12.3 Å². The van der Waals surface area contributed by atoms with Gasteiger partial charge in [0.2, 0.25) is 0 Å². The molecule has 0 spiro atoms. The SMILES string of the molecule is CCOc1ccccc1C(=O)Cn1cnc(C)c1C. The van der Waals surface area contributed by atoms with Crippen LogP contribution in [0, 0.1) is 13.8 Å². The second-order valence-corrected chi connectivity index (χ2v) is 4.40. The fourth-order valence-corrected chi connectivity index (χ4v) is 1.92. The van der Waals surface area contributed by atoms with Gasteiger partial charge in [-0.3, -0.25) is 4.79 Å². The molecule has 0 aliphatic carbocycles. The highest BCUT2D eigenvalue weighted by Crippen LogP contribution is 2.19. The average Bonchev–Trinajstić information content (AvgIpc) is 2.72. The number of rotatable bonds is 5. The first kappa shape index (κ1) is 13.3. The minimum Gasteiger partial charge on any atom is -0.493 e. The number of benzene rings is 1. The molecule has 2 aromatic rings. The van der Waals surface area contributed by atoms with Gasteiger partial charge in [0.25, 0.3) is 0 Å². The van der Waals surface area contributed by atoms with Crippen LogP contribution in [0.15, 0.2) is 30.6 Å². The maximum absolute atomic E-state index is 12.3. The molecule has 0 bridgehead atoms. The molecular formula is C15H18N2O2. The summed E-state index contributed by atoms with van der Waals surface area (Å²) in [6, 6.07) is 7.34. The van der Waals surface area contributed by atoms with E-state index in [4.69, 9.17) is 4.74 Å². The number of nitrogens with zero attached hydrogens (tertiary/aromatic N) is 2. The van der Waals surface area contributed by atoms with Crippen molar-refractivity contribution >= 4 is 5.78 Å². The summed E-state index contributed by atoms with van der Waals surface area (Å²) in [6.07, 6.45) is 1.70. The van der Waals surface area contributed by atoms with Gasteiger partial charge in [-0.15, -0.1) is 0 Å². The number of aromatic nitrogens is 2. The van der Waals surface area contributed by atoms with Gasteiger partial charge in [0, 0.05) is 5.69 Å². The van der Waals surface area contributed by atoms with Crippen molar-refractivity contribution in [2.75, 3.05) is 6.61 Å². The zero-order valence-electron chi connectivity index (χ0n) is 11.5. The van der Waals surface area contributed by atoms with Crippen LogP contribution in [-0.4, -0.2) is 21.9 Å². The zero-order valence-corrected chi connectivity index (χ0v) is 11.5. The first-order valence-electron chi connectivity index (χ1n) is 6.36. The summed E-state index contributed by atoms with van der Waals surface area (Å²) >= 11 is 0. The lowest BCUT2D eigenvalue weighted by molar-refractivity contribution is 0.0967. The Morgan fingerprint density at radius 2 is 2.05 bits per heavy atom. The van der Waals surface area contributed by atoms with Crippen LogP contribution in [-0.2, 0) is 6.54 Å². The van der Waals surface area contributed by atoms with Gasteiger partial charge in [-0.1, -0.05) is 12.1 Å². The van der Waals surface area contributed by atoms with Crippen LogP contribution in [0.2, 0.25) is 0 Å². The fourth-order valence-electron chi connectivity index (χ4n) is 1.92. The first-order chi connectivity index (χ1) is 9.13. The molecule has 4 heteroatoms. The highest BCUT2D eigenvalue weighted by atomic mass is 16.5. The van der Waals surface area contributed by atoms with Crippen molar-refractivity contribution < 1.29 is 9.53 Å². The molecular weight excluding hydrogens is 240 g/mol. The Morgan fingerprint density at radius 3 is 2.68 bits per heavy atom. The van der Waals surface area contributed by atoms with Crippen molar-refractivity contribution in [1.29, 1.82) is 0 Å². The Kier molecular flexibility index (Phi) is 4.00. The molecule has 0 aliphatic heterocycles. The maximum atomic E-state index is 12.3. The summed E-state index contributed by atoms with van der Waals surface area (Å²) in [5.41, 5.74) is 2.59. The summed E-state index contributed by atoms with van der Waals surface area (Å²) in [6.45, 7) is 6.64. The fraction of sp³-hybridized carbons (Fsp3) is 0.333. The van der Waals surface area contributed by atoms with Gasteiger partial charge in [0.1, 0.15) is 5.75 Å². The predicted molar refractivity (Wildman–Crippen MR) is 73.6 cm³/mol. The lowest BCUT2D eigenvalue weighted by Crippen LogP contribution is -2.12. The van der Waals surface area contributed by atoms with Crippen LogP contribution in [0.5, 0.6) is 5.75 Å². The molecule has 0 unspecified atom stereocenters. The monoisotopic (exact) mass is 258 g/mol. The Bertz CT molecular complexity index is 588. The van der Waals surface area contributed by atoms with Gasteiger partial charge in [-0.25, -0.2) is 4.98 Å². The van der Waals surface area contributed by atoms with Crippen LogP contribution in [0.1, 0.15) is 28.7 Å². The van der Waals surface area contributed by atoms with E-state index in [1.807, 2.05) is 43.5 Å². The second-order valence-electron chi connectivity index (χ2n) is 4.40. The average molecular weight is 258 g/mol. The largest absolute Gasteiger partial charge is 0.493 e. The van der Waals surface area contributed by atoms with E-state index in [1.165, 1.54) is 0 Å². The Morgan fingerprint density at radius 1 is 1.32 bits per heavy atom. The molecule has 0 fully saturated rings. The minimum atomic E-state index is 0.0320. The number of ketones is 1. The topological polar surface area (TPSA) is 44.1 Å². The van der Waals surface area contributed by atoms with Crippen molar-refractivity contribution in [3.63, 3.8) is 0 Å². The molecule has 19 heavy (non-hydrogen) atoms. The van der Waals surface area contributed by atoms with Gasteiger partial charge in [0.05, 0.1) is 30.7 Å². The van der Waals surface area contributed by atoms with Crippen molar-refractivity contribution in [2.24, 2.45) is 0 Å². The molecule has 1 aromatic carbocycles. The van der Waals surface area contributed by atoms with E-state index in [2.05, 4.69) is 4.98 Å². The van der Waals surface area contributed by atoms with Crippen molar-refractivity contribution in [1.82, 2.24) is 9.55 Å². The minimum absolute atomic E-state index is 0.0320. The first-order valence-corrected chi connectivity index (χ1v) is 6.36. The van der Waals surface area contributed by atoms with Crippen LogP contribution >= 0.6 is 0 Å². The van der Waals surface area contributed by atoms with Crippen molar-refractivity contribution in [2.45, 2.75) is 27.3 Å². The van der Waals surface area contributed by atoms with E-state index in [1.54, 1.807) is 12.4 Å². The van der Waals surface area contributed by atoms with E-state index < -0.39 is 0 Å². The molecule has 4 nitrogen and oxygen atoms in total. The molecule has 1 aromatic heterocycles. The highest BCUT2D eigenvalue weighted by molar-refractivity contribution is 5.98. The molecule has 0 aliphatic rings. The van der Waals surface area contributed by atoms with Crippen molar-refractivity contribution in [3.8, 4) is 5.75 Å². The van der Waals surface area contributed by atoms with Crippen LogP contribution in [0.4, 0.5) is 0 Å². The summed E-state index contributed by atoms with van der Waals surface area (Å²) in [7, 11) is 0.